The van der Waals surface area contributed by atoms with Crippen molar-refractivity contribution in [3.63, 3.8) is 0 Å². The van der Waals surface area contributed by atoms with Crippen LogP contribution in [0.5, 0.6) is 0 Å². The maximum absolute atomic E-state index is 5.13. The van der Waals surface area contributed by atoms with Gasteiger partial charge in [-0.2, -0.15) is 0 Å². The van der Waals surface area contributed by atoms with Crippen LogP contribution < -0.4 is 0 Å². The van der Waals surface area contributed by atoms with Gasteiger partial charge in [0, 0.05) is 12.5 Å². The lowest BCUT2D eigenvalue weighted by Gasteiger charge is -2.16. The largest absolute Gasteiger partial charge is 0.501 e. The molecule has 2 heteroatoms. The van der Waals surface area contributed by atoms with Crippen molar-refractivity contribution in [1.82, 2.24) is 0 Å². The van der Waals surface area contributed by atoms with E-state index in [0.717, 1.165) is 17.9 Å². The van der Waals surface area contributed by atoms with E-state index in [2.05, 4.69) is 13.0 Å². The van der Waals surface area contributed by atoms with E-state index in [0.29, 0.717) is 5.92 Å². The van der Waals surface area contributed by atoms with Crippen molar-refractivity contribution in [2.45, 2.75) is 13.3 Å². The van der Waals surface area contributed by atoms with Gasteiger partial charge in [-0.15, -0.1) is 0 Å². The molecule has 0 aromatic rings. The second-order valence-corrected chi connectivity index (χ2v) is 2.77. The maximum atomic E-state index is 5.13. The Morgan fingerprint density at radius 1 is 1.36 bits per heavy atom. The lowest BCUT2D eigenvalue weighted by molar-refractivity contribution is 0.247. The molecule has 0 heterocycles. The summed E-state index contributed by atoms with van der Waals surface area (Å²) < 4.78 is 10.2. The van der Waals surface area contributed by atoms with Crippen LogP contribution in [0.4, 0.5) is 0 Å². The van der Waals surface area contributed by atoms with Crippen molar-refractivity contribution >= 4 is 0 Å². The van der Waals surface area contributed by atoms with Gasteiger partial charge in [-0.1, -0.05) is 6.92 Å². The number of hydrogen-bond donors (Lipinski definition) is 0. The summed E-state index contributed by atoms with van der Waals surface area (Å²) in [6, 6.07) is 0. The molecule has 2 nitrogen and oxygen atoms in total. The van der Waals surface area contributed by atoms with Crippen LogP contribution in [-0.4, -0.2) is 14.2 Å². The van der Waals surface area contributed by atoms with Gasteiger partial charge < -0.3 is 9.47 Å². The Balaban J connectivity index is 2.71. The van der Waals surface area contributed by atoms with Crippen LogP contribution in [0.25, 0.3) is 0 Å². The molecule has 11 heavy (non-hydrogen) atoms. The molecule has 1 aliphatic carbocycles. The molecule has 0 amide bonds. The fraction of sp³-hybridized carbons (Fsp3) is 0.556. The second kappa shape index (κ2) is 3.46. The molecule has 0 spiro atoms. The summed E-state index contributed by atoms with van der Waals surface area (Å²) in [6.45, 7) is 2.14. The number of ether oxygens (including phenoxy) is 2. The molecular weight excluding hydrogens is 140 g/mol. The van der Waals surface area contributed by atoms with Crippen molar-refractivity contribution in [3.05, 3.63) is 23.7 Å². The Kier molecular flexibility index (Phi) is 2.58. The summed E-state index contributed by atoms with van der Waals surface area (Å²) in [6.07, 6.45) is 5.01. The second-order valence-electron chi connectivity index (χ2n) is 2.77. The average molecular weight is 154 g/mol. The van der Waals surface area contributed by atoms with Gasteiger partial charge in [0.25, 0.3) is 0 Å². The zero-order chi connectivity index (χ0) is 8.27. The van der Waals surface area contributed by atoms with E-state index in [9.17, 15) is 0 Å². The first-order valence-electron chi connectivity index (χ1n) is 3.76. The van der Waals surface area contributed by atoms with Crippen LogP contribution >= 0.6 is 0 Å². The predicted octanol–water partition coefficient (Wildman–Crippen LogP) is 2.09. The summed E-state index contributed by atoms with van der Waals surface area (Å²) >= 11 is 0. The molecule has 0 aliphatic heterocycles. The standard InChI is InChI=1S/C9H14O2/c1-7-4-8(10-2)6-9(5-7)11-3/h4,6-7H,5H2,1-3H3. The maximum Gasteiger partial charge on any atom is 0.118 e. The molecule has 0 saturated carbocycles. The minimum Gasteiger partial charge on any atom is -0.501 e. The highest BCUT2D eigenvalue weighted by atomic mass is 16.5. The van der Waals surface area contributed by atoms with E-state index in [1.807, 2.05) is 6.08 Å². The molecule has 1 aliphatic rings. The summed E-state index contributed by atoms with van der Waals surface area (Å²) in [5, 5.41) is 0. The molecule has 1 rings (SSSR count). The van der Waals surface area contributed by atoms with Crippen LogP contribution in [0, 0.1) is 5.92 Å². The van der Waals surface area contributed by atoms with Gasteiger partial charge in [0.15, 0.2) is 0 Å². The SMILES string of the molecule is COC1=CC(C)CC(OC)=C1. The molecule has 0 aromatic heterocycles. The first kappa shape index (κ1) is 8.18. The van der Waals surface area contributed by atoms with Gasteiger partial charge in [-0.25, -0.2) is 0 Å². The molecule has 0 N–H and O–H groups in total. The third-order valence-electron chi connectivity index (χ3n) is 1.77. The quantitative estimate of drug-likeness (QED) is 0.606. The zero-order valence-corrected chi connectivity index (χ0v) is 7.26. The Labute approximate surface area is 67.5 Å². The number of allylic oxidation sites excluding steroid dienone is 3. The monoisotopic (exact) mass is 154 g/mol. The van der Waals surface area contributed by atoms with Gasteiger partial charge in [0.1, 0.15) is 5.76 Å². The van der Waals surface area contributed by atoms with Crippen LogP contribution in [0.3, 0.4) is 0 Å². The Bertz CT molecular complexity index is 192. The average Bonchev–Trinajstić information content (AvgIpc) is 2.03. The van der Waals surface area contributed by atoms with E-state index in [4.69, 9.17) is 9.47 Å². The van der Waals surface area contributed by atoms with Crippen molar-refractivity contribution in [3.8, 4) is 0 Å². The van der Waals surface area contributed by atoms with Crippen molar-refractivity contribution < 1.29 is 9.47 Å². The first-order chi connectivity index (χ1) is 5.26. The summed E-state index contributed by atoms with van der Waals surface area (Å²) in [7, 11) is 3.37. The predicted molar refractivity (Wildman–Crippen MR) is 44.0 cm³/mol. The summed E-state index contributed by atoms with van der Waals surface area (Å²) in [5.74, 6) is 2.42. The van der Waals surface area contributed by atoms with E-state index in [-0.39, 0.29) is 0 Å². The number of rotatable bonds is 2. The Morgan fingerprint density at radius 2 is 2.09 bits per heavy atom. The summed E-state index contributed by atoms with van der Waals surface area (Å²) in [5.41, 5.74) is 0. The lowest BCUT2D eigenvalue weighted by atomic mass is 10.0. The van der Waals surface area contributed by atoms with E-state index in [1.165, 1.54) is 0 Å². The van der Waals surface area contributed by atoms with Gasteiger partial charge in [-0.05, 0) is 12.0 Å². The molecule has 1 unspecified atom stereocenters. The van der Waals surface area contributed by atoms with Crippen LogP contribution in [0.15, 0.2) is 23.7 Å². The highest BCUT2D eigenvalue weighted by Crippen LogP contribution is 2.22. The van der Waals surface area contributed by atoms with Gasteiger partial charge >= 0.3 is 0 Å². The van der Waals surface area contributed by atoms with Gasteiger partial charge in [0.2, 0.25) is 0 Å². The van der Waals surface area contributed by atoms with E-state index >= 15 is 0 Å². The number of hydrogen-bond acceptors (Lipinski definition) is 2. The molecule has 62 valence electrons. The van der Waals surface area contributed by atoms with Crippen LogP contribution in [0.1, 0.15) is 13.3 Å². The molecule has 0 radical (unpaired) electrons. The minimum absolute atomic E-state index is 0.518. The summed E-state index contributed by atoms with van der Waals surface area (Å²) in [4.78, 5) is 0. The fourth-order valence-electron chi connectivity index (χ4n) is 1.19. The molecule has 0 fully saturated rings. The van der Waals surface area contributed by atoms with Crippen molar-refractivity contribution in [1.29, 1.82) is 0 Å². The molecular formula is C9H14O2. The van der Waals surface area contributed by atoms with Crippen LogP contribution in [-0.2, 0) is 9.47 Å². The van der Waals surface area contributed by atoms with Gasteiger partial charge in [-0.3, -0.25) is 0 Å². The zero-order valence-electron chi connectivity index (χ0n) is 7.26. The van der Waals surface area contributed by atoms with Crippen molar-refractivity contribution in [2.75, 3.05) is 14.2 Å². The number of methoxy groups -OCH3 is 2. The smallest absolute Gasteiger partial charge is 0.118 e. The fourth-order valence-corrected chi connectivity index (χ4v) is 1.19. The van der Waals surface area contributed by atoms with Crippen LogP contribution in [0.2, 0.25) is 0 Å². The minimum atomic E-state index is 0.518. The van der Waals surface area contributed by atoms with Gasteiger partial charge in [0.05, 0.1) is 20.0 Å². The van der Waals surface area contributed by atoms with Crippen molar-refractivity contribution in [2.24, 2.45) is 5.92 Å². The third kappa shape index (κ3) is 2.00. The molecule has 0 saturated heterocycles. The Morgan fingerprint density at radius 3 is 2.64 bits per heavy atom. The normalized spacial score (nSPS) is 23.7. The topological polar surface area (TPSA) is 18.5 Å². The highest BCUT2D eigenvalue weighted by Gasteiger charge is 2.11. The Hall–Kier alpha value is -0.920. The molecule has 0 bridgehead atoms. The molecule has 0 aromatic carbocycles. The first-order valence-corrected chi connectivity index (χ1v) is 3.76. The van der Waals surface area contributed by atoms with E-state index in [1.54, 1.807) is 14.2 Å². The van der Waals surface area contributed by atoms with E-state index < -0.39 is 0 Å². The third-order valence-corrected chi connectivity index (χ3v) is 1.77. The molecule has 1 atom stereocenters. The lowest BCUT2D eigenvalue weighted by Crippen LogP contribution is -2.03. The highest BCUT2D eigenvalue weighted by molar-refractivity contribution is 5.21.